The third-order valence-electron chi connectivity index (χ3n) is 2.88. The minimum Gasteiger partial charge on any atom is -1.00 e. The number of allylic oxidation sites excluding steroid dienone is 3. The summed E-state index contributed by atoms with van der Waals surface area (Å²) in [6.45, 7) is 12.3. The van der Waals surface area contributed by atoms with Crippen molar-refractivity contribution < 1.29 is 39.9 Å². The van der Waals surface area contributed by atoms with Crippen molar-refractivity contribution in [3.05, 3.63) is 55.9 Å². The maximum atomic E-state index is 13.7. The first-order valence-corrected chi connectivity index (χ1v) is 9.96. The monoisotopic (exact) mass is 615 g/mol. The van der Waals surface area contributed by atoms with Crippen LogP contribution in [-0.4, -0.2) is 50.5 Å². The summed E-state index contributed by atoms with van der Waals surface area (Å²) >= 11 is 8.12. The van der Waals surface area contributed by atoms with Gasteiger partial charge in [-0.3, -0.25) is 19.6 Å². The molecular formula is C19H23Br2ClF3MgN3O3. The predicted molar refractivity (Wildman–Crippen MR) is 122 cm³/mol. The normalized spacial score (nSPS) is 9.22. The first-order valence-electron chi connectivity index (χ1n) is 8.79. The number of benzene rings is 1. The number of aldehydes is 1. The largest absolute Gasteiger partial charge is 2.00 e. The molecule has 0 aliphatic carbocycles. The van der Waals surface area contributed by atoms with E-state index in [1.807, 2.05) is 34.6 Å². The number of carbonyl (C=O) groups is 1. The number of carbonyl (C=O) groups excluding carboxylic acids is 1. The van der Waals surface area contributed by atoms with E-state index < -0.39 is 29.5 Å². The van der Waals surface area contributed by atoms with Crippen molar-refractivity contribution in [1.82, 2.24) is 9.78 Å². The van der Waals surface area contributed by atoms with Crippen LogP contribution in [0.2, 0.25) is 0 Å². The first kappa shape index (κ1) is 38.3. The minimum atomic E-state index is -2.80. The molecule has 0 aliphatic rings. The van der Waals surface area contributed by atoms with Crippen molar-refractivity contribution in [3.63, 3.8) is 0 Å². The van der Waals surface area contributed by atoms with Gasteiger partial charge in [0.2, 0.25) is 5.95 Å². The Morgan fingerprint density at radius 2 is 1.91 bits per heavy atom. The maximum absolute atomic E-state index is 13.7. The summed E-state index contributed by atoms with van der Waals surface area (Å²) < 4.78 is 38.9. The molecule has 0 bridgehead atoms. The number of nitro groups is 1. The molecule has 0 amide bonds. The van der Waals surface area contributed by atoms with Gasteiger partial charge in [-0.25, -0.2) is 21.4 Å². The Balaban J connectivity index is -0.000000281. The zero-order valence-corrected chi connectivity index (χ0v) is 23.6. The molecule has 0 atom stereocenters. The molecular weight excluding hydrogens is 595 g/mol. The molecule has 0 saturated carbocycles. The van der Waals surface area contributed by atoms with Crippen molar-refractivity contribution in [2.45, 2.75) is 47.6 Å². The molecule has 0 spiro atoms. The van der Waals surface area contributed by atoms with E-state index in [9.17, 15) is 28.1 Å². The molecule has 2 aromatic rings. The van der Waals surface area contributed by atoms with Gasteiger partial charge in [-0.15, -0.1) is 21.7 Å². The van der Waals surface area contributed by atoms with Crippen molar-refractivity contribution >= 4 is 73.5 Å². The Kier molecular flexibility index (Phi) is 24.7. The molecule has 1 aromatic carbocycles. The van der Waals surface area contributed by atoms with E-state index >= 15 is 0 Å². The summed E-state index contributed by atoms with van der Waals surface area (Å²) in [6.07, 6.45) is 1.75. The molecule has 0 fully saturated rings. The number of hydrogen-bond acceptors (Lipinski definition) is 4. The molecule has 0 unspecified atom stereocenters. The summed E-state index contributed by atoms with van der Waals surface area (Å²) in [4.78, 5) is 20.9. The zero-order valence-electron chi connectivity index (χ0n) is 18.3. The van der Waals surface area contributed by atoms with Crippen molar-refractivity contribution in [3.8, 4) is 0 Å². The standard InChI is InChI=1S/C10H5BrF3N3O3.C5H6Cl.2C2H6.BrH.Mg/c11-9-4(3-18)5(17(19)20)1-6-8(9)10(14)15-16(6)2-7(12)13;1-3-4-5(2)6;2*1-2;;/h1,3,7H,2H2;3H,2H2,1H3;2*1-2H3;1H;/q;-1;;;;+2/p-1. The van der Waals surface area contributed by atoms with E-state index in [-0.39, 0.29) is 67.3 Å². The molecule has 0 saturated heterocycles. The number of rotatable bonds is 5. The zero-order chi connectivity index (χ0) is 24.0. The van der Waals surface area contributed by atoms with Gasteiger partial charge >= 0.3 is 23.1 Å². The van der Waals surface area contributed by atoms with Crippen molar-refractivity contribution in [2.24, 2.45) is 0 Å². The molecule has 0 N–H and O–H groups in total. The smallest absolute Gasteiger partial charge is 1.00 e. The number of alkyl halides is 2. The molecule has 13 heteroatoms. The van der Waals surface area contributed by atoms with Gasteiger partial charge in [0, 0.05) is 10.5 Å². The summed E-state index contributed by atoms with van der Waals surface area (Å²) in [6, 6.07) is 0.849. The Morgan fingerprint density at radius 1 is 1.41 bits per heavy atom. The van der Waals surface area contributed by atoms with Gasteiger partial charge < -0.3 is 17.0 Å². The number of aromatic nitrogens is 2. The Morgan fingerprint density at radius 3 is 2.22 bits per heavy atom. The minimum absolute atomic E-state index is 0. The fourth-order valence-corrected chi connectivity index (χ4v) is 2.71. The van der Waals surface area contributed by atoms with Gasteiger partial charge in [-0.05, 0) is 15.9 Å². The molecule has 1 heterocycles. The number of hydrogen-bond donors (Lipinski definition) is 0. The van der Waals surface area contributed by atoms with E-state index in [4.69, 9.17) is 11.6 Å². The van der Waals surface area contributed by atoms with E-state index in [0.29, 0.717) is 9.71 Å². The first-order chi connectivity index (χ1) is 14.1. The van der Waals surface area contributed by atoms with E-state index in [1.54, 1.807) is 6.08 Å². The SMILES string of the molecule is C=C(Cl)[C-]=CC.CC.CC.O=Cc1c([N+](=O)[O-])cc2c(c(F)nn2CC(F)F)c1Br.[Br-].[Mg+2]. The number of nitro benzene ring substituents is 1. The second kappa shape index (κ2) is 20.6. The molecule has 176 valence electrons. The predicted octanol–water partition coefficient (Wildman–Crippen LogP) is 3.72. The number of halogens is 6. The second-order valence-corrected chi connectivity index (χ2v) is 5.84. The maximum Gasteiger partial charge on any atom is 2.00 e. The molecule has 1 aromatic heterocycles. The summed E-state index contributed by atoms with van der Waals surface area (Å²) in [5.74, 6) is -1.09. The van der Waals surface area contributed by atoms with E-state index in [1.165, 1.54) is 0 Å². The Labute approximate surface area is 225 Å². The molecule has 2 rings (SSSR count). The van der Waals surface area contributed by atoms with E-state index in [0.717, 1.165) is 6.07 Å². The van der Waals surface area contributed by atoms with Crippen LogP contribution >= 0.6 is 27.5 Å². The van der Waals surface area contributed by atoms with Crippen LogP contribution in [0.15, 0.2) is 28.2 Å². The number of nitrogens with zero attached hydrogens (tertiary/aromatic N) is 3. The number of fused-ring (bicyclic) bond motifs is 1. The fraction of sp³-hybridized carbons (Fsp3) is 0.368. The van der Waals surface area contributed by atoms with Crippen LogP contribution in [0.3, 0.4) is 0 Å². The summed E-state index contributed by atoms with van der Waals surface area (Å²) in [7, 11) is 0. The third-order valence-corrected chi connectivity index (χ3v) is 3.81. The van der Waals surface area contributed by atoms with Gasteiger partial charge in [-0.2, -0.15) is 10.5 Å². The molecule has 6 nitrogen and oxygen atoms in total. The fourth-order valence-electron chi connectivity index (χ4n) is 1.94. The average Bonchev–Trinajstić information content (AvgIpc) is 3.00. The van der Waals surface area contributed by atoms with Crippen LogP contribution in [0.5, 0.6) is 0 Å². The van der Waals surface area contributed by atoms with Crippen molar-refractivity contribution in [2.75, 3.05) is 0 Å². The van der Waals surface area contributed by atoms with Crippen LogP contribution in [0.4, 0.5) is 18.9 Å². The van der Waals surface area contributed by atoms with E-state index in [2.05, 4.69) is 33.7 Å². The topological polar surface area (TPSA) is 78.0 Å². The van der Waals surface area contributed by atoms with Gasteiger partial charge in [-0.1, -0.05) is 34.6 Å². The van der Waals surface area contributed by atoms with Crippen LogP contribution in [0.1, 0.15) is 45.0 Å². The van der Waals surface area contributed by atoms with Crippen LogP contribution in [0.25, 0.3) is 10.9 Å². The Bertz CT molecular complexity index is 898. The summed E-state index contributed by atoms with van der Waals surface area (Å²) in [5.41, 5.74) is -1.18. The molecule has 0 radical (unpaired) electrons. The van der Waals surface area contributed by atoms with Gasteiger partial charge in [0.15, 0.2) is 6.29 Å². The van der Waals surface area contributed by atoms with Gasteiger partial charge in [0.1, 0.15) is 12.1 Å². The van der Waals surface area contributed by atoms with Crippen molar-refractivity contribution in [1.29, 1.82) is 0 Å². The summed E-state index contributed by atoms with van der Waals surface area (Å²) in [5, 5.41) is 14.3. The quantitative estimate of drug-likeness (QED) is 0.128. The molecule has 32 heavy (non-hydrogen) atoms. The second-order valence-electron chi connectivity index (χ2n) is 4.59. The average molecular weight is 618 g/mol. The van der Waals surface area contributed by atoms with Crippen LogP contribution in [-0.2, 0) is 6.54 Å². The molecule has 0 aliphatic heterocycles. The van der Waals surface area contributed by atoms with Crippen LogP contribution in [0, 0.1) is 22.1 Å². The third kappa shape index (κ3) is 11.8. The van der Waals surface area contributed by atoms with Gasteiger partial charge in [0.05, 0.1) is 15.8 Å². The van der Waals surface area contributed by atoms with Crippen LogP contribution < -0.4 is 17.0 Å². The van der Waals surface area contributed by atoms with Gasteiger partial charge in [0.25, 0.3) is 12.1 Å². The Hall–Kier alpha value is -0.954.